The van der Waals surface area contributed by atoms with Crippen LogP contribution in [0, 0.1) is 20.2 Å². The normalized spacial score (nSPS) is 22.4. The molecule has 8 rings (SSSR count). The zero-order chi connectivity index (χ0) is 39.5. The standard InChI is InChI=1S/C43H48N8O6/c52-42(36-8-4-22-44-36)46-34-16-10-30(26-40(34)50(54)55)38-18-19-39(31-11-17-35(41(27-31)51(56)57)47-43(53)37-9-5-23-45-37)49(38)33-14-12-32(13-15-33)48-24-20-29(21-25-48)28-6-2-1-3-7-28/h1-3,6-7,10-17,26-27,29,36-39,44-45H,4-5,8-9,18-25H2,(H,46,52)(H,47,53)/t36-,37-,38+,39+/m0/s1. The van der Waals surface area contributed by atoms with Gasteiger partial charge in [-0.15, -0.1) is 0 Å². The summed E-state index contributed by atoms with van der Waals surface area (Å²) in [6.45, 7) is 3.31. The molecule has 0 spiro atoms. The molecule has 4 aliphatic heterocycles. The second-order valence-electron chi connectivity index (χ2n) is 15.5. The van der Waals surface area contributed by atoms with E-state index < -0.39 is 21.9 Å². The fourth-order valence-corrected chi connectivity index (χ4v) is 9.14. The lowest BCUT2D eigenvalue weighted by Crippen LogP contribution is -2.35. The fraction of sp³-hybridized carbons (Fsp3) is 0.395. The molecule has 4 fully saturated rings. The summed E-state index contributed by atoms with van der Waals surface area (Å²) in [5.41, 5.74) is 4.68. The van der Waals surface area contributed by atoms with E-state index in [1.807, 2.05) is 18.2 Å². The van der Waals surface area contributed by atoms with Crippen LogP contribution < -0.4 is 31.1 Å². The molecule has 2 amide bonds. The van der Waals surface area contributed by atoms with Gasteiger partial charge >= 0.3 is 0 Å². The molecule has 0 aromatic heterocycles. The number of anilines is 4. The molecule has 0 unspecified atom stereocenters. The number of benzene rings is 4. The van der Waals surface area contributed by atoms with Crippen LogP contribution in [0.25, 0.3) is 0 Å². The molecule has 0 aliphatic carbocycles. The van der Waals surface area contributed by atoms with Crippen molar-refractivity contribution < 1.29 is 19.4 Å². The van der Waals surface area contributed by atoms with Crippen molar-refractivity contribution in [3.63, 3.8) is 0 Å². The predicted octanol–water partition coefficient (Wildman–Crippen LogP) is 7.35. The summed E-state index contributed by atoms with van der Waals surface area (Å²) in [5, 5.41) is 36.7. The van der Waals surface area contributed by atoms with Crippen LogP contribution in [0.4, 0.5) is 34.1 Å². The summed E-state index contributed by atoms with van der Waals surface area (Å²) < 4.78 is 0. The van der Waals surface area contributed by atoms with Gasteiger partial charge in [0.1, 0.15) is 11.4 Å². The third-order valence-corrected chi connectivity index (χ3v) is 12.1. The highest BCUT2D eigenvalue weighted by molar-refractivity contribution is 5.97. The van der Waals surface area contributed by atoms with Crippen molar-refractivity contribution in [2.24, 2.45) is 0 Å². The zero-order valence-corrected chi connectivity index (χ0v) is 31.8. The highest BCUT2D eigenvalue weighted by Crippen LogP contribution is 2.49. The van der Waals surface area contributed by atoms with Gasteiger partial charge in [0.2, 0.25) is 11.8 Å². The van der Waals surface area contributed by atoms with Crippen LogP contribution in [0.2, 0.25) is 0 Å². The van der Waals surface area contributed by atoms with E-state index in [-0.39, 0.29) is 46.6 Å². The van der Waals surface area contributed by atoms with Crippen molar-refractivity contribution >= 4 is 45.9 Å². The van der Waals surface area contributed by atoms with Gasteiger partial charge in [-0.3, -0.25) is 29.8 Å². The van der Waals surface area contributed by atoms with Crippen LogP contribution in [0.5, 0.6) is 0 Å². The Kier molecular flexibility index (Phi) is 11.1. The molecule has 4 N–H and O–H groups in total. The van der Waals surface area contributed by atoms with Gasteiger partial charge in [-0.05, 0) is 123 Å². The maximum absolute atomic E-state index is 12.9. The monoisotopic (exact) mass is 772 g/mol. The third kappa shape index (κ3) is 8.19. The van der Waals surface area contributed by atoms with Gasteiger partial charge in [-0.1, -0.05) is 42.5 Å². The average molecular weight is 773 g/mol. The molecular formula is C43H48N8O6. The van der Waals surface area contributed by atoms with Gasteiger partial charge < -0.3 is 31.1 Å². The number of amides is 2. The molecule has 4 aliphatic rings. The Morgan fingerprint density at radius 2 is 1.09 bits per heavy atom. The number of nitro groups is 2. The summed E-state index contributed by atoms with van der Waals surface area (Å²) in [6.07, 6.45) is 6.42. The van der Waals surface area contributed by atoms with E-state index in [4.69, 9.17) is 0 Å². The number of piperidine rings is 1. The summed E-state index contributed by atoms with van der Waals surface area (Å²) >= 11 is 0. The minimum Gasteiger partial charge on any atom is -0.371 e. The number of carbonyl (C=O) groups is 2. The number of nitrogens with one attached hydrogen (secondary N) is 4. The summed E-state index contributed by atoms with van der Waals surface area (Å²) in [6, 6.07) is 27.6. The largest absolute Gasteiger partial charge is 0.371 e. The van der Waals surface area contributed by atoms with Crippen molar-refractivity contribution in [2.45, 2.75) is 81.5 Å². The lowest BCUT2D eigenvalue weighted by molar-refractivity contribution is -0.384. The highest BCUT2D eigenvalue weighted by Gasteiger charge is 2.38. The van der Waals surface area contributed by atoms with Gasteiger partial charge in [0, 0.05) is 36.6 Å². The minimum absolute atomic E-state index is 0.144. The van der Waals surface area contributed by atoms with Gasteiger partial charge in [-0.2, -0.15) is 0 Å². The lowest BCUT2D eigenvalue weighted by Gasteiger charge is -2.35. The van der Waals surface area contributed by atoms with Crippen LogP contribution in [0.1, 0.15) is 86.1 Å². The Balaban J connectivity index is 1.09. The van der Waals surface area contributed by atoms with E-state index >= 15 is 0 Å². The predicted molar refractivity (Wildman–Crippen MR) is 220 cm³/mol. The maximum atomic E-state index is 12.9. The molecule has 14 nitrogen and oxygen atoms in total. The van der Waals surface area contributed by atoms with Crippen molar-refractivity contribution in [1.29, 1.82) is 0 Å². The van der Waals surface area contributed by atoms with Gasteiger partial charge in [0.15, 0.2) is 0 Å². The van der Waals surface area contributed by atoms with E-state index in [0.717, 1.165) is 63.2 Å². The Labute approximate surface area is 331 Å². The molecule has 4 aromatic rings. The molecule has 14 heteroatoms. The zero-order valence-electron chi connectivity index (χ0n) is 31.8. The SMILES string of the molecule is O=C(Nc1ccc([C@H]2CC[C@H](c3ccc(NC(=O)[C@@H]4CCCN4)c([N+](=O)[O-])c3)N2c2ccc(N3CCC(c4ccccc4)CC3)cc2)cc1[N+](=O)[O-])[C@@H]1CCCN1. The molecule has 0 saturated carbocycles. The number of hydrogen-bond donors (Lipinski definition) is 4. The van der Waals surface area contributed by atoms with E-state index in [9.17, 15) is 29.8 Å². The molecule has 4 saturated heterocycles. The van der Waals surface area contributed by atoms with Gasteiger partial charge in [-0.25, -0.2) is 0 Å². The first-order chi connectivity index (χ1) is 27.7. The van der Waals surface area contributed by atoms with Crippen LogP contribution in [0.15, 0.2) is 91.0 Å². The van der Waals surface area contributed by atoms with Crippen molar-refractivity contribution in [2.75, 3.05) is 46.6 Å². The van der Waals surface area contributed by atoms with Crippen LogP contribution in [-0.4, -0.2) is 59.9 Å². The number of nitrogens with zero attached hydrogens (tertiary/aromatic N) is 4. The first kappa shape index (κ1) is 38.0. The molecule has 296 valence electrons. The molecule has 4 aromatic carbocycles. The summed E-state index contributed by atoms with van der Waals surface area (Å²) in [4.78, 5) is 54.4. The average Bonchev–Trinajstić information content (AvgIpc) is 4.05. The molecule has 4 atom stereocenters. The first-order valence-electron chi connectivity index (χ1n) is 20.1. The maximum Gasteiger partial charge on any atom is 0.293 e. The minimum atomic E-state index is -0.467. The van der Waals surface area contributed by atoms with Crippen molar-refractivity contribution in [3.8, 4) is 0 Å². The first-order valence-corrected chi connectivity index (χ1v) is 20.1. The third-order valence-electron chi connectivity index (χ3n) is 12.1. The Hall–Kier alpha value is -5.86. The highest BCUT2D eigenvalue weighted by atomic mass is 16.6. The molecule has 57 heavy (non-hydrogen) atoms. The second-order valence-corrected chi connectivity index (χ2v) is 15.5. The summed E-state index contributed by atoms with van der Waals surface area (Å²) in [7, 11) is 0. The Morgan fingerprint density at radius 3 is 1.54 bits per heavy atom. The molecule has 4 heterocycles. The van der Waals surface area contributed by atoms with E-state index in [1.54, 1.807) is 24.3 Å². The quantitative estimate of drug-likeness (QED) is 0.0891. The van der Waals surface area contributed by atoms with Gasteiger partial charge in [0.25, 0.3) is 11.4 Å². The van der Waals surface area contributed by atoms with Crippen LogP contribution in [-0.2, 0) is 9.59 Å². The van der Waals surface area contributed by atoms with E-state index in [0.29, 0.717) is 42.7 Å². The van der Waals surface area contributed by atoms with E-state index in [1.165, 1.54) is 5.56 Å². The van der Waals surface area contributed by atoms with Crippen LogP contribution >= 0.6 is 0 Å². The number of rotatable bonds is 11. The smallest absolute Gasteiger partial charge is 0.293 e. The van der Waals surface area contributed by atoms with Crippen LogP contribution in [0.3, 0.4) is 0 Å². The summed E-state index contributed by atoms with van der Waals surface area (Å²) in [5.74, 6) is -0.0637. The van der Waals surface area contributed by atoms with Gasteiger partial charge in [0.05, 0.1) is 34.0 Å². The molecule has 0 bridgehead atoms. The number of hydrogen-bond acceptors (Lipinski definition) is 10. The van der Waals surface area contributed by atoms with Crippen molar-refractivity contribution in [1.82, 2.24) is 10.6 Å². The Morgan fingerprint density at radius 1 is 0.596 bits per heavy atom. The topological polar surface area (TPSA) is 175 Å². The van der Waals surface area contributed by atoms with Crippen molar-refractivity contribution in [3.05, 3.63) is 128 Å². The molecular weight excluding hydrogens is 725 g/mol. The lowest BCUT2D eigenvalue weighted by atomic mass is 9.89. The molecule has 0 radical (unpaired) electrons. The fourth-order valence-electron chi connectivity index (χ4n) is 9.14. The Bertz CT molecular complexity index is 2010. The van der Waals surface area contributed by atoms with E-state index in [2.05, 4.69) is 79.6 Å². The second kappa shape index (κ2) is 16.7. The number of carbonyl (C=O) groups excluding carboxylic acids is 2. The number of nitro benzene ring substituents is 2.